The first-order valence-corrected chi connectivity index (χ1v) is 10.6. The van der Waals surface area contributed by atoms with Gasteiger partial charge in [-0.2, -0.15) is 0 Å². The highest BCUT2D eigenvalue weighted by Gasteiger charge is 2.27. The number of hydrogen-bond donors (Lipinski definition) is 1. The number of amides is 1. The van der Waals surface area contributed by atoms with Gasteiger partial charge in [0.15, 0.2) is 5.58 Å². The average molecular weight is 414 g/mol. The molecule has 8 heteroatoms. The maximum Gasteiger partial charge on any atom is 0.419 e. The Bertz CT molecular complexity index is 1120. The minimum atomic E-state index is -0.488. The Morgan fingerprint density at radius 2 is 2.03 bits per heavy atom. The Morgan fingerprint density at radius 1 is 1.24 bits per heavy atom. The summed E-state index contributed by atoms with van der Waals surface area (Å²) in [4.78, 5) is 38.3. The van der Waals surface area contributed by atoms with Gasteiger partial charge < -0.3 is 14.5 Å². The molecule has 0 saturated carbocycles. The van der Waals surface area contributed by atoms with E-state index in [2.05, 4.69) is 5.32 Å². The van der Waals surface area contributed by atoms with Crippen molar-refractivity contribution in [3.8, 4) is 0 Å². The molecule has 0 aliphatic heterocycles. The van der Waals surface area contributed by atoms with Crippen LogP contribution in [0, 0.1) is 0 Å². The first-order valence-electron chi connectivity index (χ1n) is 9.78. The Morgan fingerprint density at radius 3 is 2.86 bits per heavy atom. The Labute approximate surface area is 171 Å². The van der Waals surface area contributed by atoms with E-state index in [1.807, 2.05) is 6.07 Å². The van der Waals surface area contributed by atoms with Gasteiger partial charge in [0.05, 0.1) is 17.7 Å². The number of thiophene rings is 1. The predicted octanol–water partition coefficient (Wildman–Crippen LogP) is 3.74. The van der Waals surface area contributed by atoms with E-state index in [1.54, 1.807) is 25.1 Å². The van der Waals surface area contributed by atoms with Crippen molar-refractivity contribution < 1.29 is 18.7 Å². The van der Waals surface area contributed by atoms with E-state index >= 15 is 0 Å². The van der Waals surface area contributed by atoms with Crippen molar-refractivity contribution in [1.29, 1.82) is 0 Å². The van der Waals surface area contributed by atoms with Gasteiger partial charge in [-0.15, -0.1) is 11.3 Å². The van der Waals surface area contributed by atoms with Crippen molar-refractivity contribution in [1.82, 2.24) is 4.57 Å². The molecule has 0 fully saturated rings. The molecule has 0 radical (unpaired) electrons. The second kappa shape index (κ2) is 8.24. The number of nitrogens with one attached hydrogen (secondary N) is 1. The van der Waals surface area contributed by atoms with Crippen molar-refractivity contribution in [2.45, 2.75) is 45.6 Å². The number of oxazole rings is 1. The smallest absolute Gasteiger partial charge is 0.419 e. The summed E-state index contributed by atoms with van der Waals surface area (Å²) in [6.45, 7) is 2.25. The first kappa shape index (κ1) is 19.4. The molecule has 0 unspecified atom stereocenters. The van der Waals surface area contributed by atoms with Gasteiger partial charge in [0.1, 0.15) is 5.00 Å². The lowest BCUT2D eigenvalue weighted by Crippen LogP contribution is -2.20. The van der Waals surface area contributed by atoms with Gasteiger partial charge in [0.2, 0.25) is 5.91 Å². The molecule has 29 heavy (non-hydrogen) atoms. The van der Waals surface area contributed by atoms with Gasteiger partial charge in [-0.3, -0.25) is 9.36 Å². The van der Waals surface area contributed by atoms with E-state index in [4.69, 9.17) is 9.15 Å². The number of carbonyl (C=O) groups is 2. The van der Waals surface area contributed by atoms with Crippen LogP contribution in [0.2, 0.25) is 0 Å². The van der Waals surface area contributed by atoms with Crippen LogP contribution in [0.5, 0.6) is 0 Å². The summed E-state index contributed by atoms with van der Waals surface area (Å²) in [5, 5.41) is 3.42. The lowest BCUT2D eigenvalue weighted by Gasteiger charge is -2.12. The molecule has 152 valence electrons. The molecule has 7 nitrogen and oxygen atoms in total. The number of carbonyl (C=O) groups excluding carboxylic acids is 2. The maximum absolute atomic E-state index is 12.6. The summed E-state index contributed by atoms with van der Waals surface area (Å²) in [5.41, 5.74) is 2.65. The van der Waals surface area contributed by atoms with Gasteiger partial charge in [-0.1, -0.05) is 12.1 Å². The van der Waals surface area contributed by atoms with E-state index in [0.29, 0.717) is 21.7 Å². The Hall–Kier alpha value is -2.87. The first-order chi connectivity index (χ1) is 14.1. The minimum absolute atomic E-state index is 0.0915. The standard InChI is InChI=1S/C21H22N2O5S/c1-2-27-20(25)18-13-7-3-6-10-16(13)29-19(18)22-17(24)11-12-23-14-8-4-5-9-15(14)28-21(23)26/h4-5,8-9H,2-3,6-7,10-12H2,1H3,(H,22,24). The summed E-state index contributed by atoms with van der Waals surface area (Å²) < 4.78 is 11.9. The number of esters is 1. The third-order valence-corrected chi connectivity index (χ3v) is 6.25. The molecule has 0 atom stereocenters. The van der Waals surface area contributed by atoms with Crippen LogP contribution in [0.15, 0.2) is 33.5 Å². The van der Waals surface area contributed by atoms with Gasteiger partial charge in [-0.05, 0) is 50.3 Å². The van der Waals surface area contributed by atoms with E-state index < -0.39 is 5.76 Å². The van der Waals surface area contributed by atoms with Gasteiger partial charge >= 0.3 is 11.7 Å². The second-order valence-corrected chi connectivity index (χ2v) is 8.03. The molecule has 0 spiro atoms. The predicted molar refractivity (Wildman–Crippen MR) is 111 cm³/mol. The largest absolute Gasteiger partial charge is 0.462 e. The van der Waals surface area contributed by atoms with Crippen LogP contribution in [0.25, 0.3) is 11.1 Å². The lowest BCUT2D eigenvalue weighted by atomic mass is 9.95. The van der Waals surface area contributed by atoms with Crippen molar-refractivity contribution in [3.05, 3.63) is 50.8 Å². The summed E-state index contributed by atoms with van der Waals surface area (Å²) in [7, 11) is 0. The zero-order chi connectivity index (χ0) is 20.4. The number of anilines is 1. The molecule has 1 N–H and O–H groups in total. The third-order valence-electron chi connectivity index (χ3n) is 5.04. The molecule has 1 aliphatic rings. The number of nitrogens with zero attached hydrogens (tertiary/aromatic N) is 1. The molecule has 0 saturated heterocycles. The number of hydrogen-bond acceptors (Lipinski definition) is 6. The quantitative estimate of drug-likeness (QED) is 0.621. The van der Waals surface area contributed by atoms with Crippen LogP contribution in [0.3, 0.4) is 0 Å². The SMILES string of the molecule is CCOC(=O)c1c(NC(=O)CCn2c(=O)oc3ccccc32)sc2c1CCCC2. The molecule has 0 bridgehead atoms. The highest BCUT2D eigenvalue weighted by atomic mass is 32.1. The number of ether oxygens (including phenoxy) is 1. The number of aromatic nitrogens is 1. The van der Waals surface area contributed by atoms with Gasteiger partial charge in [0, 0.05) is 17.8 Å². The number of aryl methyl sites for hydroxylation is 2. The van der Waals surface area contributed by atoms with Crippen LogP contribution in [0.1, 0.15) is 47.0 Å². The number of rotatable bonds is 6. The van der Waals surface area contributed by atoms with Gasteiger partial charge in [-0.25, -0.2) is 9.59 Å². The lowest BCUT2D eigenvalue weighted by molar-refractivity contribution is -0.116. The average Bonchev–Trinajstić information content (AvgIpc) is 3.22. The summed E-state index contributed by atoms with van der Waals surface area (Å²) in [6.07, 6.45) is 3.94. The van der Waals surface area contributed by atoms with Crippen LogP contribution in [-0.4, -0.2) is 23.1 Å². The van der Waals surface area contributed by atoms with E-state index in [-0.39, 0.29) is 31.4 Å². The topological polar surface area (TPSA) is 90.5 Å². The Balaban J connectivity index is 1.52. The minimum Gasteiger partial charge on any atom is -0.462 e. The molecule has 2 heterocycles. The number of fused-ring (bicyclic) bond motifs is 2. The fourth-order valence-electron chi connectivity index (χ4n) is 3.70. The highest BCUT2D eigenvalue weighted by molar-refractivity contribution is 7.17. The molecule has 2 aromatic heterocycles. The molecular formula is C21H22N2O5S. The summed E-state index contributed by atoms with van der Waals surface area (Å²) >= 11 is 1.45. The third kappa shape index (κ3) is 3.85. The molecule has 1 aromatic carbocycles. The van der Waals surface area contributed by atoms with E-state index in [1.165, 1.54) is 15.9 Å². The number of benzene rings is 1. The van der Waals surface area contributed by atoms with Gasteiger partial charge in [0.25, 0.3) is 0 Å². The molecule has 1 aliphatic carbocycles. The van der Waals surface area contributed by atoms with Crippen molar-refractivity contribution in [2.75, 3.05) is 11.9 Å². The zero-order valence-corrected chi connectivity index (χ0v) is 17.0. The maximum atomic E-state index is 12.6. The van der Waals surface area contributed by atoms with Crippen LogP contribution in [0.4, 0.5) is 5.00 Å². The van der Waals surface area contributed by atoms with E-state index in [9.17, 15) is 14.4 Å². The fraction of sp³-hybridized carbons (Fsp3) is 0.381. The normalized spacial score (nSPS) is 13.3. The molecular weight excluding hydrogens is 392 g/mol. The molecule has 4 rings (SSSR count). The number of para-hydroxylation sites is 2. The van der Waals surface area contributed by atoms with Crippen molar-refractivity contribution in [2.24, 2.45) is 0 Å². The summed E-state index contributed by atoms with van der Waals surface area (Å²) in [6, 6.07) is 7.10. The van der Waals surface area contributed by atoms with E-state index in [0.717, 1.165) is 36.1 Å². The molecule has 1 amide bonds. The van der Waals surface area contributed by atoms with Crippen LogP contribution in [-0.2, 0) is 28.9 Å². The molecule has 3 aromatic rings. The monoisotopic (exact) mass is 414 g/mol. The second-order valence-electron chi connectivity index (χ2n) is 6.92. The fourth-order valence-corrected chi connectivity index (χ4v) is 4.99. The van der Waals surface area contributed by atoms with Crippen LogP contribution < -0.4 is 11.1 Å². The van der Waals surface area contributed by atoms with Crippen molar-refractivity contribution >= 4 is 39.3 Å². The highest BCUT2D eigenvalue weighted by Crippen LogP contribution is 2.38. The summed E-state index contributed by atoms with van der Waals surface area (Å²) in [5.74, 6) is -1.14. The Kier molecular flexibility index (Phi) is 5.53. The van der Waals surface area contributed by atoms with Crippen molar-refractivity contribution in [3.63, 3.8) is 0 Å². The zero-order valence-electron chi connectivity index (χ0n) is 16.2. The van der Waals surface area contributed by atoms with Crippen LogP contribution >= 0.6 is 11.3 Å².